The zero-order chi connectivity index (χ0) is 17.9. The van der Waals surface area contributed by atoms with E-state index in [9.17, 15) is 9.59 Å². The summed E-state index contributed by atoms with van der Waals surface area (Å²) in [7, 11) is 0. The summed E-state index contributed by atoms with van der Waals surface area (Å²) < 4.78 is 0. The smallest absolute Gasteiger partial charge is 0.318 e. The Morgan fingerprint density at radius 2 is 2.04 bits per heavy atom. The number of thiazole rings is 1. The van der Waals surface area contributed by atoms with Crippen molar-refractivity contribution in [3.05, 3.63) is 55.4 Å². The number of carbonyl (C=O) groups excluding carboxylic acids is 2. The van der Waals surface area contributed by atoms with Gasteiger partial charge in [0.1, 0.15) is 0 Å². The number of nitrogens with one attached hydrogen (secondary N) is 2. The Hall–Kier alpha value is -2.23. The summed E-state index contributed by atoms with van der Waals surface area (Å²) in [6, 6.07) is 7.54. The van der Waals surface area contributed by atoms with Gasteiger partial charge >= 0.3 is 6.03 Å². The maximum Gasteiger partial charge on any atom is 0.318 e. The van der Waals surface area contributed by atoms with Crippen molar-refractivity contribution in [2.75, 3.05) is 11.9 Å². The van der Waals surface area contributed by atoms with Gasteiger partial charge < -0.3 is 10.2 Å². The van der Waals surface area contributed by atoms with E-state index in [1.54, 1.807) is 22.3 Å². The molecule has 0 aromatic carbocycles. The van der Waals surface area contributed by atoms with Gasteiger partial charge in [-0.1, -0.05) is 23.5 Å². The Bertz CT molecular complexity index is 903. The van der Waals surface area contributed by atoms with E-state index in [0.717, 1.165) is 15.4 Å². The molecule has 3 aromatic heterocycles. The molecule has 1 aliphatic heterocycles. The second-order valence-electron chi connectivity index (χ2n) is 5.73. The summed E-state index contributed by atoms with van der Waals surface area (Å²) in [4.78, 5) is 33.7. The molecule has 0 fully saturated rings. The Morgan fingerprint density at radius 1 is 1.19 bits per heavy atom. The summed E-state index contributed by atoms with van der Waals surface area (Å²) in [6.45, 7) is 1.70. The van der Waals surface area contributed by atoms with E-state index < -0.39 is 0 Å². The molecule has 0 saturated carbocycles. The first-order valence-electron chi connectivity index (χ1n) is 8.07. The van der Waals surface area contributed by atoms with Crippen LogP contribution in [0.3, 0.4) is 0 Å². The lowest BCUT2D eigenvalue weighted by molar-refractivity contribution is 0.103. The highest BCUT2D eigenvalue weighted by molar-refractivity contribution is 7.16. The van der Waals surface area contributed by atoms with E-state index in [1.807, 2.05) is 29.0 Å². The minimum Gasteiger partial charge on any atom is -0.333 e. The second-order valence-corrected chi connectivity index (χ2v) is 8.79. The topological polar surface area (TPSA) is 74.3 Å². The number of nitrogens with zero attached hydrogens (tertiary/aromatic N) is 2. The quantitative estimate of drug-likeness (QED) is 0.695. The highest BCUT2D eigenvalue weighted by Crippen LogP contribution is 2.29. The van der Waals surface area contributed by atoms with Crippen molar-refractivity contribution in [1.82, 2.24) is 15.2 Å². The van der Waals surface area contributed by atoms with Crippen molar-refractivity contribution in [3.63, 3.8) is 0 Å². The maximum absolute atomic E-state index is 12.4. The summed E-state index contributed by atoms with van der Waals surface area (Å²) in [5.41, 5.74) is 0.971. The zero-order valence-corrected chi connectivity index (χ0v) is 16.2. The molecule has 0 spiro atoms. The third kappa shape index (κ3) is 3.79. The van der Waals surface area contributed by atoms with Crippen LogP contribution in [-0.2, 0) is 19.5 Å². The Labute approximate surface area is 162 Å². The third-order valence-corrected chi connectivity index (χ3v) is 6.72. The molecule has 3 aromatic rings. The molecule has 3 amide bonds. The number of thiophene rings is 2. The molecule has 0 bridgehead atoms. The fourth-order valence-corrected chi connectivity index (χ4v) is 4.96. The van der Waals surface area contributed by atoms with E-state index in [-0.39, 0.29) is 11.9 Å². The molecule has 9 heteroatoms. The van der Waals surface area contributed by atoms with E-state index >= 15 is 0 Å². The largest absolute Gasteiger partial charge is 0.333 e. The van der Waals surface area contributed by atoms with Gasteiger partial charge in [-0.25, -0.2) is 9.78 Å². The molecule has 134 valence electrons. The van der Waals surface area contributed by atoms with Crippen molar-refractivity contribution in [3.8, 4) is 0 Å². The SMILES string of the molecule is O=C(Nc1nc2c(s1)CN(C(=O)NCc1cccs1)CC2)c1cccs1. The van der Waals surface area contributed by atoms with Gasteiger partial charge in [0.15, 0.2) is 5.13 Å². The Balaban J connectivity index is 1.37. The van der Waals surface area contributed by atoms with Gasteiger partial charge in [-0.3, -0.25) is 10.1 Å². The van der Waals surface area contributed by atoms with Crippen LogP contribution in [0.15, 0.2) is 35.0 Å². The number of hydrogen-bond donors (Lipinski definition) is 2. The lowest BCUT2D eigenvalue weighted by atomic mass is 10.2. The predicted molar refractivity (Wildman–Crippen MR) is 105 cm³/mol. The molecule has 4 rings (SSSR count). The van der Waals surface area contributed by atoms with Gasteiger partial charge in [0.2, 0.25) is 0 Å². The van der Waals surface area contributed by atoms with Crippen molar-refractivity contribution < 1.29 is 9.59 Å². The average molecular weight is 405 g/mol. The van der Waals surface area contributed by atoms with Crippen LogP contribution in [0.5, 0.6) is 0 Å². The molecule has 2 N–H and O–H groups in total. The first-order valence-corrected chi connectivity index (χ1v) is 10.7. The lowest BCUT2D eigenvalue weighted by Gasteiger charge is -2.26. The molecular weight excluding hydrogens is 388 g/mol. The number of carbonyl (C=O) groups is 2. The highest BCUT2D eigenvalue weighted by atomic mass is 32.1. The minimum absolute atomic E-state index is 0.0679. The van der Waals surface area contributed by atoms with Crippen LogP contribution in [-0.4, -0.2) is 28.4 Å². The summed E-state index contributed by atoms with van der Waals surface area (Å²) >= 11 is 4.47. The molecule has 0 atom stereocenters. The first kappa shape index (κ1) is 17.2. The number of hydrogen-bond acceptors (Lipinski definition) is 6. The van der Waals surface area contributed by atoms with E-state index in [4.69, 9.17) is 0 Å². The molecule has 0 aliphatic carbocycles. The van der Waals surface area contributed by atoms with Crippen LogP contribution >= 0.6 is 34.0 Å². The number of fused-ring (bicyclic) bond motifs is 1. The van der Waals surface area contributed by atoms with Crippen LogP contribution < -0.4 is 10.6 Å². The van der Waals surface area contributed by atoms with Crippen LogP contribution in [0.2, 0.25) is 0 Å². The van der Waals surface area contributed by atoms with Gasteiger partial charge in [0.05, 0.1) is 23.7 Å². The van der Waals surface area contributed by atoms with E-state index in [2.05, 4.69) is 15.6 Å². The van der Waals surface area contributed by atoms with E-state index in [1.165, 1.54) is 22.7 Å². The molecule has 6 nitrogen and oxygen atoms in total. The van der Waals surface area contributed by atoms with Gasteiger partial charge in [0, 0.05) is 22.7 Å². The van der Waals surface area contributed by atoms with Crippen molar-refractivity contribution in [1.29, 1.82) is 0 Å². The summed E-state index contributed by atoms with van der Waals surface area (Å²) in [5.74, 6) is -0.142. The van der Waals surface area contributed by atoms with Crippen LogP contribution in [0, 0.1) is 0 Å². The molecular formula is C17H16N4O2S3. The minimum atomic E-state index is -0.142. The molecule has 4 heterocycles. The zero-order valence-electron chi connectivity index (χ0n) is 13.7. The van der Waals surface area contributed by atoms with Gasteiger partial charge in [-0.05, 0) is 22.9 Å². The summed E-state index contributed by atoms with van der Waals surface area (Å²) in [5, 5.41) is 10.3. The Morgan fingerprint density at radius 3 is 2.81 bits per heavy atom. The number of anilines is 1. The maximum atomic E-state index is 12.4. The monoisotopic (exact) mass is 404 g/mol. The average Bonchev–Trinajstić information content (AvgIpc) is 3.39. The summed E-state index contributed by atoms with van der Waals surface area (Å²) in [6.07, 6.45) is 0.702. The van der Waals surface area contributed by atoms with Crippen LogP contribution in [0.4, 0.5) is 9.93 Å². The lowest BCUT2D eigenvalue weighted by Crippen LogP contribution is -2.42. The van der Waals surface area contributed by atoms with Crippen LogP contribution in [0.25, 0.3) is 0 Å². The Kier molecular flexibility index (Phi) is 5.00. The number of rotatable bonds is 4. The van der Waals surface area contributed by atoms with Crippen molar-refractivity contribution in [2.45, 2.75) is 19.5 Å². The molecule has 1 aliphatic rings. The van der Waals surface area contributed by atoms with Crippen molar-refractivity contribution in [2.24, 2.45) is 0 Å². The highest BCUT2D eigenvalue weighted by Gasteiger charge is 2.24. The van der Waals surface area contributed by atoms with Crippen molar-refractivity contribution >= 4 is 51.1 Å². The molecule has 26 heavy (non-hydrogen) atoms. The fourth-order valence-electron chi connectivity index (χ4n) is 2.68. The normalized spacial score (nSPS) is 13.3. The molecule has 0 radical (unpaired) electrons. The van der Waals surface area contributed by atoms with Gasteiger partial charge in [-0.2, -0.15) is 0 Å². The molecule has 0 unspecified atom stereocenters. The van der Waals surface area contributed by atoms with Gasteiger partial charge in [-0.15, -0.1) is 22.7 Å². The molecule has 0 saturated heterocycles. The van der Waals surface area contributed by atoms with E-state index in [0.29, 0.717) is 36.1 Å². The standard InChI is InChI=1S/C17H16N4O2S3/c22-15(13-4-2-8-25-13)20-16-19-12-5-6-21(10-14(12)26-16)17(23)18-9-11-3-1-7-24-11/h1-4,7-8H,5-6,9-10H2,(H,18,23)(H,19,20,22). The number of aromatic nitrogens is 1. The van der Waals surface area contributed by atoms with Crippen LogP contribution in [0.1, 0.15) is 25.1 Å². The number of amides is 3. The first-order chi connectivity index (χ1) is 12.7. The fraction of sp³-hybridized carbons (Fsp3) is 0.235. The van der Waals surface area contributed by atoms with Gasteiger partial charge in [0.25, 0.3) is 5.91 Å². The second kappa shape index (κ2) is 7.56. The number of urea groups is 1. The third-order valence-electron chi connectivity index (χ3n) is 3.98. The predicted octanol–water partition coefficient (Wildman–Crippen LogP) is 3.79.